The summed E-state index contributed by atoms with van der Waals surface area (Å²) in [5, 5.41) is 2.83. The minimum absolute atomic E-state index is 0. The monoisotopic (exact) mass is 400 g/mol. The Morgan fingerprint density at radius 1 is 1.07 bits per heavy atom. The summed E-state index contributed by atoms with van der Waals surface area (Å²) in [7, 11) is 4.26. The minimum atomic E-state index is -0.563. The summed E-state index contributed by atoms with van der Waals surface area (Å²) in [6, 6.07) is 3.07. The van der Waals surface area contributed by atoms with Gasteiger partial charge in [-0.1, -0.05) is 19.3 Å². The van der Waals surface area contributed by atoms with Crippen molar-refractivity contribution in [1.82, 2.24) is 0 Å². The second-order valence-corrected chi connectivity index (χ2v) is 6.73. The van der Waals surface area contributed by atoms with E-state index in [1.807, 2.05) is 0 Å². The topological polar surface area (TPSA) is 99.9 Å². The molecule has 0 aliphatic heterocycles. The molecule has 27 heavy (non-hydrogen) atoms. The number of esters is 1. The van der Waals surface area contributed by atoms with E-state index in [0.717, 1.165) is 25.7 Å². The van der Waals surface area contributed by atoms with E-state index >= 15 is 0 Å². The molecular formula is C19H29ClN2O5. The Morgan fingerprint density at radius 2 is 1.67 bits per heavy atom. The molecule has 0 unspecified atom stereocenters. The summed E-state index contributed by atoms with van der Waals surface area (Å²) >= 11 is 0. The molecule has 1 aromatic carbocycles. The van der Waals surface area contributed by atoms with E-state index in [1.165, 1.54) is 33.8 Å². The zero-order chi connectivity index (χ0) is 19.2. The molecule has 3 N–H and O–H groups in total. The van der Waals surface area contributed by atoms with Crippen molar-refractivity contribution >= 4 is 30.0 Å². The number of ether oxygens (including phenoxy) is 3. The third-order valence-corrected chi connectivity index (χ3v) is 5.09. The van der Waals surface area contributed by atoms with Gasteiger partial charge in [-0.3, -0.25) is 4.79 Å². The normalized spacial score (nSPS) is 15.3. The van der Waals surface area contributed by atoms with Gasteiger partial charge in [0, 0.05) is 18.6 Å². The molecule has 2 rings (SSSR count). The van der Waals surface area contributed by atoms with Crippen LogP contribution in [0.4, 0.5) is 5.69 Å². The third-order valence-electron chi connectivity index (χ3n) is 5.09. The molecule has 8 heteroatoms. The molecule has 1 aliphatic carbocycles. The molecule has 1 fully saturated rings. The van der Waals surface area contributed by atoms with Crippen LogP contribution in [-0.2, 0) is 9.53 Å². The average molecular weight is 401 g/mol. The van der Waals surface area contributed by atoms with Crippen molar-refractivity contribution in [3.05, 3.63) is 17.7 Å². The van der Waals surface area contributed by atoms with Crippen LogP contribution in [0, 0.1) is 5.41 Å². The van der Waals surface area contributed by atoms with Crippen molar-refractivity contribution in [2.45, 2.75) is 38.5 Å². The highest BCUT2D eigenvalue weighted by Crippen LogP contribution is 2.39. The van der Waals surface area contributed by atoms with Crippen LogP contribution in [0.1, 0.15) is 48.9 Å². The van der Waals surface area contributed by atoms with Crippen molar-refractivity contribution in [2.24, 2.45) is 11.1 Å². The number of carbonyl (C=O) groups is 2. The molecule has 0 spiro atoms. The van der Waals surface area contributed by atoms with Gasteiger partial charge in [-0.25, -0.2) is 4.79 Å². The van der Waals surface area contributed by atoms with Crippen LogP contribution < -0.4 is 20.5 Å². The van der Waals surface area contributed by atoms with Crippen LogP contribution in [0.5, 0.6) is 11.5 Å². The highest BCUT2D eigenvalue weighted by atomic mass is 35.5. The number of amides is 1. The smallest absolute Gasteiger partial charge is 0.340 e. The van der Waals surface area contributed by atoms with E-state index in [2.05, 4.69) is 5.32 Å². The van der Waals surface area contributed by atoms with Crippen molar-refractivity contribution < 1.29 is 23.8 Å². The minimum Gasteiger partial charge on any atom is -0.493 e. The maximum atomic E-state index is 12.7. The SMILES string of the molecule is COC(=O)c1cc(OC)c(OC)cc1NC(=O)CC1(CN)CCCCC1.Cl. The molecule has 1 saturated carbocycles. The number of rotatable bonds is 7. The van der Waals surface area contributed by atoms with Crippen molar-refractivity contribution in [3.63, 3.8) is 0 Å². The van der Waals surface area contributed by atoms with Crippen LogP contribution >= 0.6 is 12.4 Å². The molecule has 0 aromatic heterocycles. The standard InChI is InChI=1S/C19H28N2O5.ClH/c1-24-15-9-13(18(23)26-3)14(10-16(15)25-2)21-17(22)11-19(12-20)7-5-4-6-8-19;/h9-10H,4-8,11-12,20H2,1-3H3,(H,21,22);1H. The van der Waals surface area contributed by atoms with Gasteiger partial charge in [0.05, 0.1) is 32.6 Å². The van der Waals surface area contributed by atoms with Crippen LogP contribution in [0.2, 0.25) is 0 Å². The molecule has 152 valence electrons. The second kappa shape index (κ2) is 10.4. The third kappa shape index (κ3) is 5.49. The first-order valence-corrected chi connectivity index (χ1v) is 8.83. The van der Waals surface area contributed by atoms with E-state index < -0.39 is 5.97 Å². The van der Waals surface area contributed by atoms with Crippen LogP contribution in [0.25, 0.3) is 0 Å². The number of hydrogen-bond acceptors (Lipinski definition) is 6. The maximum Gasteiger partial charge on any atom is 0.340 e. The lowest BCUT2D eigenvalue weighted by Gasteiger charge is -2.35. The fraction of sp³-hybridized carbons (Fsp3) is 0.579. The largest absolute Gasteiger partial charge is 0.493 e. The average Bonchev–Trinajstić information content (AvgIpc) is 2.67. The van der Waals surface area contributed by atoms with Crippen molar-refractivity contribution in [3.8, 4) is 11.5 Å². The molecule has 0 heterocycles. The highest BCUT2D eigenvalue weighted by Gasteiger charge is 2.33. The molecule has 1 amide bonds. The molecule has 0 bridgehead atoms. The van der Waals surface area contributed by atoms with Gasteiger partial charge >= 0.3 is 5.97 Å². The summed E-state index contributed by atoms with van der Waals surface area (Å²) in [6.07, 6.45) is 5.60. The van der Waals surface area contributed by atoms with E-state index in [4.69, 9.17) is 19.9 Å². The fourth-order valence-corrected chi connectivity index (χ4v) is 3.55. The Bertz CT molecular complexity index is 660. The van der Waals surface area contributed by atoms with Crippen LogP contribution in [0.3, 0.4) is 0 Å². The maximum absolute atomic E-state index is 12.7. The summed E-state index contributed by atoms with van der Waals surface area (Å²) in [6.45, 7) is 0.482. The number of halogens is 1. The molecule has 1 aliphatic rings. The summed E-state index contributed by atoms with van der Waals surface area (Å²) < 4.78 is 15.3. The van der Waals surface area contributed by atoms with Gasteiger partial charge in [-0.2, -0.15) is 0 Å². The lowest BCUT2D eigenvalue weighted by atomic mass is 9.71. The van der Waals surface area contributed by atoms with E-state index in [0.29, 0.717) is 30.2 Å². The van der Waals surface area contributed by atoms with Crippen molar-refractivity contribution in [2.75, 3.05) is 33.2 Å². The van der Waals surface area contributed by atoms with E-state index in [1.54, 1.807) is 6.07 Å². The quantitative estimate of drug-likeness (QED) is 0.682. The molecule has 1 aromatic rings. The van der Waals surface area contributed by atoms with Gasteiger partial charge in [0.2, 0.25) is 5.91 Å². The molecule has 0 radical (unpaired) electrons. The van der Waals surface area contributed by atoms with Crippen molar-refractivity contribution in [1.29, 1.82) is 0 Å². The summed E-state index contributed by atoms with van der Waals surface area (Å²) in [4.78, 5) is 24.8. The fourth-order valence-electron chi connectivity index (χ4n) is 3.55. The number of methoxy groups -OCH3 is 3. The Hall–Kier alpha value is -1.99. The van der Waals surface area contributed by atoms with Crippen LogP contribution in [-0.4, -0.2) is 39.8 Å². The molecule has 0 saturated heterocycles. The Morgan fingerprint density at radius 3 is 2.19 bits per heavy atom. The zero-order valence-corrected chi connectivity index (χ0v) is 16.9. The summed E-state index contributed by atoms with van der Waals surface area (Å²) in [5.74, 6) is 0.0699. The number of benzene rings is 1. The van der Waals surface area contributed by atoms with Gasteiger partial charge in [-0.15, -0.1) is 12.4 Å². The first-order valence-electron chi connectivity index (χ1n) is 8.83. The lowest BCUT2D eigenvalue weighted by Crippen LogP contribution is -2.36. The van der Waals surface area contributed by atoms with Gasteiger partial charge in [0.1, 0.15) is 0 Å². The number of hydrogen-bond donors (Lipinski definition) is 2. The lowest BCUT2D eigenvalue weighted by molar-refractivity contribution is -0.118. The van der Waals surface area contributed by atoms with Gasteiger partial charge in [0.25, 0.3) is 0 Å². The number of nitrogens with one attached hydrogen (secondary N) is 1. The second-order valence-electron chi connectivity index (χ2n) is 6.73. The summed E-state index contributed by atoms with van der Waals surface area (Å²) in [5.41, 5.74) is 6.36. The Labute approximate surface area is 166 Å². The molecule has 7 nitrogen and oxygen atoms in total. The first kappa shape index (κ1) is 23.0. The Kier molecular flexibility index (Phi) is 8.85. The number of anilines is 1. The van der Waals surface area contributed by atoms with E-state index in [-0.39, 0.29) is 29.3 Å². The van der Waals surface area contributed by atoms with E-state index in [9.17, 15) is 9.59 Å². The predicted octanol–water partition coefficient (Wildman–Crippen LogP) is 3.15. The van der Waals surface area contributed by atoms with Gasteiger partial charge in [-0.05, 0) is 24.8 Å². The first-order chi connectivity index (χ1) is 12.5. The van der Waals surface area contributed by atoms with Gasteiger partial charge in [0.15, 0.2) is 11.5 Å². The predicted molar refractivity (Wildman–Crippen MR) is 106 cm³/mol. The molecule has 0 atom stereocenters. The van der Waals surface area contributed by atoms with Gasteiger partial charge < -0.3 is 25.3 Å². The van der Waals surface area contributed by atoms with Crippen LogP contribution in [0.15, 0.2) is 12.1 Å². The highest BCUT2D eigenvalue weighted by molar-refractivity contribution is 6.02. The Balaban J connectivity index is 0.00000364. The zero-order valence-electron chi connectivity index (χ0n) is 16.1. The number of carbonyl (C=O) groups excluding carboxylic acids is 2. The molecular weight excluding hydrogens is 372 g/mol. The number of nitrogens with two attached hydrogens (primary N) is 1.